The lowest BCUT2D eigenvalue weighted by Gasteiger charge is -2.16. The van der Waals surface area contributed by atoms with Gasteiger partial charge in [-0.1, -0.05) is 58.0 Å². The lowest BCUT2D eigenvalue weighted by Crippen LogP contribution is -2.40. The molecule has 8 nitrogen and oxygen atoms in total. The number of amides is 3. The van der Waals surface area contributed by atoms with Gasteiger partial charge < -0.3 is 26.5 Å². The average molecular weight is 435 g/mol. The molecule has 0 saturated heterocycles. The van der Waals surface area contributed by atoms with E-state index in [1.807, 2.05) is 58.0 Å². The molecule has 0 bridgehead atoms. The van der Waals surface area contributed by atoms with Gasteiger partial charge in [-0.3, -0.25) is 9.59 Å². The molecule has 0 saturated carbocycles. The van der Waals surface area contributed by atoms with Crippen molar-refractivity contribution >= 4 is 24.0 Å². The number of carbonyl (C=O) groups excluding carboxylic acids is 4. The molecule has 1 aromatic carbocycles. The van der Waals surface area contributed by atoms with Crippen molar-refractivity contribution in [3.63, 3.8) is 0 Å². The molecule has 3 amide bonds. The maximum atomic E-state index is 11.6. The Hall–Kier alpha value is -2.74. The fourth-order valence-corrected chi connectivity index (χ4v) is 2.73. The van der Waals surface area contributed by atoms with Crippen molar-refractivity contribution in [2.24, 2.45) is 17.6 Å². The third-order valence-electron chi connectivity index (χ3n) is 4.63. The van der Waals surface area contributed by atoms with E-state index in [1.54, 1.807) is 7.05 Å². The van der Waals surface area contributed by atoms with Crippen LogP contribution in [0.5, 0.6) is 0 Å². The molecule has 1 rings (SSSR count). The van der Waals surface area contributed by atoms with Gasteiger partial charge in [0, 0.05) is 12.5 Å². The van der Waals surface area contributed by atoms with Crippen molar-refractivity contribution in [1.82, 2.24) is 16.0 Å². The van der Waals surface area contributed by atoms with E-state index in [9.17, 15) is 19.2 Å². The van der Waals surface area contributed by atoms with Gasteiger partial charge in [-0.25, -0.2) is 4.79 Å². The Morgan fingerprint density at radius 2 is 1.68 bits per heavy atom. The number of Topliss-reactive ketones (excluding diaryl/α,β-unsaturated/α-hetero) is 1. The molecule has 0 fully saturated rings. The summed E-state index contributed by atoms with van der Waals surface area (Å²) in [6.45, 7) is 8.09. The fraction of sp³-hybridized carbons (Fsp3) is 0.565. The Kier molecular flexibility index (Phi) is 14.6. The number of aldehydes is 1. The van der Waals surface area contributed by atoms with Crippen LogP contribution >= 0.6 is 0 Å². The topological polar surface area (TPSA) is 130 Å². The molecule has 174 valence electrons. The summed E-state index contributed by atoms with van der Waals surface area (Å²) in [7, 11) is 1.77. The van der Waals surface area contributed by atoms with Gasteiger partial charge in [0.05, 0.1) is 18.5 Å². The van der Waals surface area contributed by atoms with Gasteiger partial charge in [-0.05, 0) is 31.4 Å². The highest BCUT2D eigenvalue weighted by molar-refractivity contribution is 5.85. The van der Waals surface area contributed by atoms with E-state index in [1.165, 1.54) is 0 Å². The van der Waals surface area contributed by atoms with E-state index in [0.29, 0.717) is 19.4 Å². The largest absolute Gasteiger partial charge is 0.352 e. The summed E-state index contributed by atoms with van der Waals surface area (Å²) in [5, 5.41) is 8.18. The van der Waals surface area contributed by atoms with Gasteiger partial charge in [0.15, 0.2) is 5.78 Å². The van der Waals surface area contributed by atoms with Crippen molar-refractivity contribution in [2.75, 3.05) is 13.6 Å². The molecule has 0 heterocycles. The molecule has 0 aliphatic rings. The highest BCUT2D eigenvalue weighted by Crippen LogP contribution is 2.05. The molecule has 0 aliphatic carbocycles. The zero-order chi connectivity index (χ0) is 23.8. The normalized spacial score (nSPS) is 12.4. The number of rotatable bonds is 12. The van der Waals surface area contributed by atoms with Crippen LogP contribution < -0.4 is 21.7 Å². The molecular weight excluding hydrogens is 396 g/mol. The fourth-order valence-electron chi connectivity index (χ4n) is 2.73. The zero-order valence-electron chi connectivity index (χ0n) is 19.3. The standard InChI is InChI=1S/C13H17NO2.C10H21N3O2/c1-10(2)12(9-15)14-13(16)8-11-6-4-3-5-7-11;1-7(2)9(14)8(12-3)5-4-6-13-10(11)15/h3-7,9-10,12H,8H2,1-2H3,(H,14,16);7-8,12H,4-6H2,1-3H3,(H3,11,13,15). The molecule has 2 unspecified atom stereocenters. The Labute approximate surface area is 185 Å². The lowest BCUT2D eigenvalue weighted by atomic mass is 9.98. The van der Waals surface area contributed by atoms with Crippen LogP contribution in [0.2, 0.25) is 0 Å². The number of urea groups is 1. The minimum Gasteiger partial charge on any atom is -0.352 e. The summed E-state index contributed by atoms with van der Waals surface area (Å²) in [6.07, 6.45) is 2.56. The van der Waals surface area contributed by atoms with E-state index >= 15 is 0 Å². The number of hydrogen-bond acceptors (Lipinski definition) is 5. The Morgan fingerprint density at radius 3 is 2.13 bits per heavy atom. The molecule has 1 aromatic rings. The van der Waals surface area contributed by atoms with Crippen LogP contribution in [0.1, 0.15) is 46.1 Å². The first-order chi connectivity index (χ1) is 14.6. The summed E-state index contributed by atoms with van der Waals surface area (Å²) in [5.74, 6) is 0.248. The van der Waals surface area contributed by atoms with Crippen LogP contribution in [0.25, 0.3) is 0 Å². The van der Waals surface area contributed by atoms with Gasteiger partial charge in [-0.2, -0.15) is 0 Å². The van der Waals surface area contributed by atoms with E-state index in [-0.39, 0.29) is 29.6 Å². The predicted octanol–water partition coefficient (Wildman–Crippen LogP) is 1.82. The maximum Gasteiger partial charge on any atom is 0.312 e. The highest BCUT2D eigenvalue weighted by atomic mass is 16.2. The van der Waals surface area contributed by atoms with Gasteiger partial charge in [0.1, 0.15) is 6.29 Å². The first kappa shape index (κ1) is 28.3. The number of benzene rings is 1. The minimum absolute atomic E-state index is 0.0338. The Bertz CT molecular complexity index is 677. The predicted molar refractivity (Wildman–Crippen MR) is 122 cm³/mol. The van der Waals surface area contributed by atoms with Gasteiger partial charge >= 0.3 is 6.03 Å². The summed E-state index contributed by atoms with van der Waals surface area (Å²) in [4.78, 5) is 44.3. The van der Waals surface area contributed by atoms with Crippen molar-refractivity contribution in [3.05, 3.63) is 35.9 Å². The quantitative estimate of drug-likeness (QED) is 0.294. The lowest BCUT2D eigenvalue weighted by molar-refractivity contribution is -0.124. The number of carbonyl (C=O) groups is 4. The van der Waals surface area contributed by atoms with Crippen molar-refractivity contribution < 1.29 is 19.2 Å². The Balaban J connectivity index is 0.000000582. The van der Waals surface area contributed by atoms with E-state index in [2.05, 4.69) is 16.0 Å². The van der Waals surface area contributed by atoms with E-state index in [4.69, 9.17) is 5.73 Å². The first-order valence-corrected chi connectivity index (χ1v) is 10.6. The molecule has 0 aromatic heterocycles. The third kappa shape index (κ3) is 13.2. The number of primary amides is 1. The van der Waals surface area contributed by atoms with Crippen LogP contribution in [0.4, 0.5) is 4.79 Å². The summed E-state index contributed by atoms with van der Waals surface area (Å²) in [6, 6.07) is 8.44. The van der Waals surface area contributed by atoms with Crippen LogP contribution in [-0.4, -0.2) is 49.7 Å². The molecule has 5 N–H and O–H groups in total. The van der Waals surface area contributed by atoms with Crippen LogP contribution in [0.3, 0.4) is 0 Å². The van der Waals surface area contributed by atoms with E-state index in [0.717, 1.165) is 18.3 Å². The molecule has 0 aliphatic heterocycles. The summed E-state index contributed by atoms with van der Waals surface area (Å²) >= 11 is 0. The zero-order valence-corrected chi connectivity index (χ0v) is 19.3. The summed E-state index contributed by atoms with van der Waals surface area (Å²) < 4.78 is 0. The maximum absolute atomic E-state index is 11.6. The minimum atomic E-state index is -0.522. The van der Waals surface area contributed by atoms with Gasteiger partial charge in [0.25, 0.3) is 0 Å². The summed E-state index contributed by atoms with van der Waals surface area (Å²) in [5.41, 5.74) is 5.87. The smallest absolute Gasteiger partial charge is 0.312 e. The van der Waals surface area contributed by atoms with Crippen LogP contribution in [-0.2, 0) is 20.8 Å². The first-order valence-electron chi connectivity index (χ1n) is 10.6. The van der Waals surface area contributed by atoms with Crippen molar-refractivity contribution in [3.8, 4) is 0 Å². The van der Waals surface area contributed by atoms with Crippen LogP contribution in [0, 0.1) is 11.8 Å². The molecule has 31 heavy (non-hydrogen) atoms. The second-order valence-corrected chi connectivity index (χ2v) is 7.97. The molecule has 0 radical (unpaired) electrons. The third-order valence-corrected chi connectivity index (χ3v) is 4.63. The Morgan fingerprint density at radius 1 is 1.06 bits per heavy atom. The molecule has 8 heteroatoms. The van der Waals surface area contributed by atoms with Gasteiger partial charge in [0.2, 0.25) is 5.91 Å². The average Bonchev–Trinajstić information content (AvgIpc) is 2.72. The second kappa shape index (κ2) is 16.0. The van der Waals surface area contributed by atoms with Crippen LogP contribution in [0.15, 0.2) is 30.3 Å². The molecule has 2 atom stereocenters. The van der Waals surface area contributed by atoms with E-state index < -0.39 is 12.1 Å². The SMILES string of the molecule is CC(C)C(C=O)NC(=O)Cc1ccccc1.CNC(CCCNC(N)=O)C(=O)C(C)C. The number of ketones is 1. The van der Waals surface area contributed by atoms with Crippen molar-refractivity contribution in [1.29, 1.82) is 0 Å². The molecule has 0 spiro atoms. The number of nitrogens with one attached hydrogen (secondary N) is 3. The highest BCUT2D eigenvalue weighted by Gasteiger charge is 2.18. The van der Waals surface area contributed by atoms with Crippen molar-refractivity contribution in [2.45, 2.75) is 59.0 Å². The molecular formula is C23H38N4O4. The number of hydrogen-bond donors (Lipinski definition) is 4. The van der Waals surface area contributed by atoms with Gasteiger partial charge in [-0.15, -0.1) is 0 Å². The number of likely N-dealkylation sites (N-methyl/N-ethyl adjacent to an activating group) is 1. The number of nitrogens with two attached hydrogens (primary N) is 1. The second-order valence-electron chi connectivity index (χ2n) is 7.97. The monoisotopic (exact) mass is 434 g/mol.